The molecule has 1 aliphatic heterocycles. The summed E-state index contributed by atoms with van der Waals surface area (Å²) in [5.74, 6) is 1.83. The molecule has 2 heteroatoms. The minimum Gasteiger partial charge on any atom is -0.369 e. The molecule has 0 N–H and O–H groups in total. The van der Waals surface area contributed by atoms with E-state index in [9.17, 15) is 0 Å². The van der Waals surface area contributed by atoms with Crippen LogP contribution in [0.4, 0.5) is 5.69 Å². The Balaban J connectivity index is 1.24. The van der Waals surface area contributed by atoms with Crippen molar-refractivity contribution >= 4 is 5.69 Å². The topological polar surface area (TPSA) is 6.48 Å². The second-order valence-electron chi connectivity index (χ2n) is 9.77. The van der Waals surface area contributed by atoms with Gasteiger partial charge in [0, 0.05) is 38.4 Å². The summed E-state index contributed by atoms with van der Waals surface area (Å²) in [6.07, 6.45) is 14.8. The number of hydrogen-bond donors (Lipinski definition) is 0. The van der Waals surface area contributed by atoms with Gasteiger partial charge >= 0.3 is 0 Å². The van der Waals surface area contributed by atoms with Crippen LogP contribution in [0.15, 0.2) is 24.3 Å². The van der Waals surface area contributed by atoms with Crippen molar-refractivity contribution in [3.8, 4) is 0 Å². The van der Waals surface area contributed by atoms with Gasteiger partial charge in [-0.05, 0) is 80.2 Å². The molecule has 1 spiro atoms. The molecule has 0 aromatic heterocycles. The molecule has 0 unspecified atom stereocenters. The molecule has 26 heavy (non-hydrogen) atoms. The molecule has 1 aromatic carbocycles. The van der Waals surface area contributed by atoms with Gasteiger partial charge in [-0.1, -0.05) is 31.0 Å². The van der Waals surface area contributed by atoms with Crippen molar-refractivity contribution in [2.45, 2.75) is 70.1 Å². The van der Waals surface area contributed by atoms with Crippen LogP contribution >= 0.6 is 0 Å². The van der Waals surface area contributed by atoms with E-state index in [1.54, 1.807) is 11.3 Å². The first-order valence-electron chi connectivity index (χ1n) is 11.4. The number of anilines is 1. The molecule has 4 fully saturated rings. The maximum Gasteiger partial charge on any atom is 0.0402 e. The molecule has 0 radical (unpaired) electrons. The lowest BCUT2D eigenvalue weighted by molar-refractivity contribution is 0.181. The molecular weight excluding hydrogens is 316 g/mol. The van der Waals surface area contributed by atoms with E-state index in [0.29, 0.717) is 0 Å². The van der Waals surface area contributed by atoms with Crippen molar-refractivity contribution in [3.05, 3.63) is 29.8 Å². The maximum absolute atomic E-state index is 2.71. The van der Waals surface area contributed by atoms with Gasteiger partial charge in [0.2, 0.25) is 0 Å². The highest BCUT2D eigenvalue weighted by molar-refractivity contribution is 5.55. The molecular formula is C24H36N2. The van der Waals surface area contributed by atoms with E-state index >= 15 is 0 Å². The summed E-state index contributed by atoms with van der Waals surface area (Å²) < 4.78 is 0. The molecule has 5 rings (SSSR count). The van der Waals surface area contributed by atoms with Gasteiger partial charge in [-0.25, -0.2) is 0 Å². The summed E-state index contributed by atoms with van der Waals surface area (Å²) >= 11 is 0. The third-order valence-electron chi connectivity index (χ3n) is 8.01. The largest absolute Gasteiger partial charge is 0.369 e. The first-order valence-corrected chi connectivity index (χ1v) is 11.4. The van der Waals surface area contributed by atoms with E-state index in [-0.39, 0.29) is 0 Å². The molecule has 0 bridgehead atoms. The number of benzene rings is 1. The molecule has 4 aliphatic rings. The van der Waals surface area contributed by atoms with E-state index in [0.717, 1.165) is 17.3 Å². The normalized spacial score (nSPS) is 27.3. The number of hydrogen-bond acceptors (Lipinski definition) is 2. The predicted molar refractivity (Wildman–Crippen MR) is 110 cm³/mol. The zero-order chi connectivity index (χ0) is 17.4. The molecule has 0 atom stereocenters. The van der Waals surface area contributed by atoms with Crippen molar-refractivity contribution in [3.63, 3.8) is 0 Å². The molecule has 1 aromatic rings. The first kappa shape index (κ1) is 17.1. The number of nitrogens with zero attached hydrogens (tertiary/aromatic N) is 2. The predicted octanol–water partition coefficient (Wildman–Crippen LogP) is 5.44. The summed E-state index contributed by atoms with van der Waals surface area (Å²) in [6, 6.07) is 9.40. The van der Waals surface area contributed by atoms with Gasteiger partial charge in [0.05, 0.1) is 0 Å². The number of piperazine rings is 1. The second-order valence-corrected chi connectivity index (χ2v) is 9.77. The van der Waals surface area contributed by atoms with Gasteiger partial charge in [-0.15, -0.1) is 0 Å². The molecule has 1 saturated heterocycles. The van der Waals surface area contributed by atoms with Crippen molar-refractivity contribution in [2.75, 3.05) is 37.6 Å². The fourth-order valence-corrected chi connectivity index (χ4v) is 6.12. The summed E-state index contributed by atoms with van der Waals surface area (Å²) in [7, 11) is 0. The molecule has 3 aliphatic carbocycles. The maximum atomic E-state index is 2.71. The third kappa shape index (κ3) is 3.54. The van der Waals surface area contributed by atoms with E-state index in [2.05, 4.69) is 34.1 Å². The number of para-hydroxylation sites is 1. The van der Waals surface area contributed by atoms with Crippen LogP contribution in [0.3, 0.4) is 0 Å². The summed E-state index contributed by atoms with van der Waals surface area (Å²) in [4.78, 5) is 5.40. The van der Waals surface area contributed by atoms with Crippen LogP contribution in [-0.4, -0.2) is 37.6 Å². The average molecular weight is 353 g/mol. The SMILES string of the molecule is c1ccc(N2CCN(CC3CC3)CC2)c(C2CCC3(CCCC3)CC2)c1. The molecule has 3 saturated carbocycles. The van der Waals surface area contributed by atoms with Crippen molar-refractivity contribution in [1.82, 2.24) is 4.90 Å². The van der Waals surface area contributed by atoms with Crippen molar-refractivity contribution < 1.29 is 0 Å². The lowest BCUT2D eigenvalue weighted by Crippen LogP contribution is -2.47. The van der Waals surface area contributed by atoms with E-state index in [4.69, 9.17) is 0 Å². The zero-order valence-corrected chi connectivity index (χ0v) is 16.5. The highest BCUT2D eigenvalue weighted by atomic mass is 15.3. The summed E-state index contributed by atoms with van der Waals surface area (Å²) in [5.41, 5.74) is 3.97. The highest BCUT2D eigenvalue weighted by Gasteiger charge is 2.38. The fraction of sp³-hybridized carbons (Fsp3) is 0.750. The monoisotopic (exact) mass is 352 g/mol. The van der Waals surface area contributed by atoms with Gasteiger partial charge in [0.15, 0.2) is 0 Å². The van der Waals surface area contributed by atoms with Crippen molar-refractivity contribution in [2.24, 2.45) is 11.3 Å². The van der Waals surface area contributed by atoms with Crippen LogP contribution in [-0.2, 0) is 0 Å². The summed E-state index contributed by atoms with van der Waals surface area (Å²) in [6.45, 7) is 6.33. The van der Waals surface area contributed by atoms with Crippen LogP contribution in [0.2, 0.25) is 0 Å². The summed E-state index contributed by atoms with van der Waals surface area (Å²) in [5, 5.41) is 0. The Hall–Kier alpha value is -1.02. The Bertz CT molecular complexity index is 596. The van der Waals surface area contributed by atoms with Gasteiger partial charge in [0.1, 0.15) is 0 Å². The van der Waals surface area contributed by atoms with Crippen LogP contribution in [0.1, 0.15) is 75.7 Å². The molecule has 142 valence electrons. The Morgan fingerprint density at radius 2 is 1.50 bits per heavy atom. The van der Waals surface area contributed by atoms with E-state index in [1.165, 1.54) is 96.9 Å². The Labute approximate surface area is 159 Å². The van der Waals surface area contributed by atoms with Crippen LogP contribution in [0, 0.1) is 11.3 Å². The standard InChI is InChI=1S/C24H36N2/c1-2-6-23(26-17-15-25(16-18-26)19-20-7-8-20)22(5-1)21-9-13-24(14-10-21)11-3-4-12-24/h1-2,5-6,20-21H,3-4,7-19H2. The second kappa shape index (κ2) is 7.19. The Morgan fingerprint density at radius 3 is 2.19 bits per heavy atom. The lowest BCUT2D eigenvalue weighted by Gasteiger charge is -2.40. The van der Waals surface area contributed by atoms with Gasteiger partial charge < -0.3 is 4.90 Å². The fourth-order valence-electron chi connectivity index (χ4n) is 6.12. The van der Waals surface area contributed by atoms with Crippen LogP contribution < -0.4 is 4.90 Å². The zero-order valence-electron chi connectivity index (χ0n) is 16.5. The van der Waals surface area contributed by atoms with Gasteiger partial charge in [-0.3, -0.25) is 4.90 Å². The highest BCUT2D eigenvalue weighted by Crippen LogP contribution is 2.53. The van der Waals surface area contributed by atoms with Crippen LogP contribution in [0.5, 0.6) is 0 Å². The third-order valence-corrected chi connectivity index (χ3v) is 8.01. The van der Waals surface area contributed by atoms with E-state index < -0.39 is 0 Å². The van der Waals surface area contributed by atoms with E-state index in [1.807, 2.05) is 0 Å². The first-order chi connectivity index (χ1) is 12.8. The Morgan fingerprint density at radius 1 is 0.808 bits per heavy atom. The van der Waals surface area contributed by atoms with Crippen LogP contribution in [0.25, 0.3) is 0 Å². The quantitative estimate of drug-likeness (QED) is 0.712. The minimum absolute atomic E-state index is 0.750. The Kier molecular flexibility index (Phi) is 4.73. The number of rotatable bonds is 4. The van der Waals surface area contributed by atoms with Gasteiger partial charge in [0.25, 0.3) is 0 Å². The van der Waals surface area contributed by atoms with Crippen molar-refractivity contribution in [1.29, 1.82) is 0 Å². The van der Waals surface area contributed by atoms with Gasteiger partial charge in [-0.2, -0.15) is 0 Å². The lowest BCUT2D eigenvalue weighted by atomic mass is 9.68. The average Bonchev–Trinajstić information content (AvgIpc) is 3.40. The smallest absolute Gasteiger partial charge is 0.0402 e. The molecule has 2 nitrogen and oxygen atoms in total. The molecule has 0 amide bonds. The molecule has 1 heterocycles. The minimum atomic E-state index is 0.750.